The largest absolute Gasteiger partial charge is 0.493 e. The first-order valence-corrected chi connectivity index (χ1v) is 7.54. The third kappa shape index (κ3) is 2.75. The fourth-order valence-corrected chi connectivity index (χ4v) is 3.52. The number of methoxy groups -OCH3 is 3. The van der Waals surface area contributed by atoms with Crippen molar-refractivity contribution in [1.82, 2.24) is 4.90 Å². The van der Waals surface area contributed by atoms with Crippen LogP contribution < -0.4 is 19.5 Å². The Morgan fingerprint density at radius 1 is 1.00 bits per heavy atom. The molecule has 0 aromatic heterocycles. The number of hydrogen-bond donors (Lipinski definition) is 1. The van der Waals surface area contributed by atoms with Gasteiger partial charge in [-0.25, -0.2) is 0 Å². The maximum absolute atomic E-state index is 5.42. The van der Waals surface area contributed by atoms with Gasteiger partial charge in [0.05, 0.1) is 21.3 Å². The molecular formula is C16H24N2O3. The van der Waals surface area contributed by atoms with Gasteiger partial charge in [-0.2, -0.15) is 0 Å². The van der Waals surface area contributed by atoms with Crippen molar-refractivity contribution in [3.8, 4) is 17.2 Å². The fourth-order valence-electron chi connectivity index (χ4n) is 3.52. The zero-order chi connectivity index (χ0) is 14.8. The minimum Gasteiger partial charge on any atom is -0.493 e. The maximum atomic E-state index is 5.42. The van der Waals surface area contributed by atoms with Crippen LogP contribution in [0, 0.1) is 5.92 Å². The van der Waals surface area contributed by atoms with Crippen molar-refractivity contribution >= 4 is 5.69 Å². The molecule has 5 nitrogen and oxygen atoms in total. The van der Waals surface area contributed by atoms with Crippen molar-refractivity contribution in [2.45, 2.75) is 18.9 Å². The molecule has 3 unspecified atom stereocenters. The molecule has 0 spiro atoms. The van der Waals surface area contributed by atoms with E-state index in [1.54, 1.807) is 21.3 Å². The highest BCUT2D eigenvalue weighted by molar-refractivity contribution is 5.62. The molecule has 2 aliphatic rings. The Bertz CT molecular complexity index is 481. The van der Waals surface area contributed by atoms with Gasteiger partial charge < -0.3 is 24.4 Å². The van der Waals surface area contributed by atoms with Crippen molar-refractivity contribution in [3.05, 3.63) is 12.1 Å². The summed E-state index contributed by atoms with van der Waals surface area (Å²) in [6.45, 7) is 3.67. The van der Waals surface area contributed by atoms with Crippen LogP contribution in [-0.4, -0.2) is 51.9 Å². The smallest absolute Gasteiger partial charge is 0.203 e. The molecule has 116 valence electrons. The molecule has 0 aliphatic carbocycles. The molecule has 1 N–H and O–H groups in total. The third-order valence-electron chi connectivity index (χ3n) is 4.65. The number of fused-ring (bicyclic) bond motifs is 2. The summed E-state index contributed by atoms with van der Waals surface area (Å²) in [5.74, 6) is 2.78. The highest BCUT2D eigenvalue weighted by Crippen LogP contribution is 2.41. The van der Waals surface area contributed by atoms with Gasteiger partial charge in [0.25, 0.3) is 0 Å². The van der Waals surface area contributed by atoms with Gasteiger partial charge in [0.15, 0.2) is 11.5 Å². The number of piperidine rings is 1. The van der Waals surface area contributed by atoms with Crippen molar-refractivity contribution in [3.63, 3.8) is 0 Å². The molecule has 2 bridgehead atoms. The summed E-state index contributed by atoms with van der Waals surface area (Å²) in [6.07, 6.45) is 2.49. The molecular weight excluding hydrogens is 268 g/mol. The van der Waals surface area contributed by atoms with E-state index in [4.69, 9.17) is 14.2 Å². The van der Waals surface area contributed by atoms with Crippen LogP contribution in [0.1, 0.15) is 12.8 Å². The summed E-state index contributed by atoms with van der Waals surface area (Å²) >= 11 is 0. The zero-order valence-corrected chi connectivity index (χ0v) is 13.0. The Morgan fingerprint density at radius 3 is 2.29 bits per heavy atom. The fraction of sp³-hybridized carbons (Fsp3) is 0.625. The van der Waals surface area contributed by atoms with Gasteiger partial charge in [-0.05, 0) is 25.3 Å². The first-order chi connectivity index (χ1) is 10.2. The van der Waals surface area contributed by atoms with Crippen LogP contribution in [0.2, 0.25) is 0 Å². The first kappa shape index (κ1) is 14.3. The second kappa shape index (κ2) is 6.02. The van der Waals surface area contributed by atoms with E-state index in [1.807, 2.05) is 12.1 Å². The van der Waals surface area contributed by atoms with Gasteiger partial charge in [-0.15, -0.1) is 0 Å². The van der Waals surface area contributed by atoms with Gasteiger partial charge in [-0.1, -0.05) is 0 Å². The van der Waals surface area contributed by atoms with Crippen molar-refractivity contribution in [1.29, 1.82) is 0 Å². The van der Waals surface area contributed by atoms with Crippen LogP contribution in [0.4, 0.5) is 5.69 Å². The molecule has 1 aromatic rings. The Hall–Kier alpha value is -1.62. The lowest BCUT2D eigenvalue weighted by Crippen LogP contribution is -2.39. The normalized spacial score (nSPS) is 27.3. The first-order valence-electron chi connectivity index (χ1n) is 7.54. The number of nitrogens with one attached hydrogen (secondary N) is 1. The lowest BCUT2D eigenvalue weighted by molar-refractivity contribution is 0.255. The number of nitrogens with zero attached hydrogens (tertiary/aromatic N) is 1. The standard InChI is InChI=1S/C16H24N2O3/c1-19-14-8-12(9-15(20-2)16(14)21-3)17-13-5-7-18-6-4-11(13)10-18/h8-9,11,13,17H,4-7,10H2,1-3H3. The summed E-state index contributed by atoms with van der Waals surface area (Å²) in [4.78, 5) is 2.55. The van der Waals surface area contributed by atoms with Crippen LogP contribution >= 0.6 is 0 Å². The molecule has 3 rings (SSSR count). The van der Waals surface area contributed by atoms with Crippen LogP contribution in [0.3, 0.4) is 0 Å². The molecule has 0 radical (unpaired) electrons. The third-order valence-corrected chi connectivity index (χ3v) is 4.65. The Labute approximate surface area is 126 Å². The minimum atomic E-state index is 0.534. The molecule has 2 saturated heterocycles. The summed E-state index contributed by atoms with van der Waals surface area (Å²) in [5, 5.41) is 3.67. The van der Waals surface area contributed by atoms with Crippen LogP contribution in [0.5, 0.6) is 17.2 Å². The lowest BCUT2D eigenvalue weighted by atomic mass is 9.94. The highest BCUT2D eigenvalue weighted by Gasteiger charge is 2.34. The predicted molar refractivity (Wildman–Crippen MR) is 82.7 cm³/mol. The Morgan fingerprint density at radius 2 is 1.67 bits per heavy atom. The number of rotatable bonds is 5. The van der Waals surface area contributed by atoms with Crippen LogP contribution in [-0.2, 0) is 0 Å². The summed E-state index contributed by atoms with van der Waals surface area (Å²) in [6, 6.07) is 4.51. The van der Waals surface area contributed by atoms with E-state index >= 15 is 0 Å². The van der Waals surface area contributed by atoms with E-state index in [2.05, 4.69) is 10.2 Å². The lowest BCUT2D eigenvalue weighted by Gasteiger charge is -2.32. The summed E-state index contributed by atoms with van der Waals surface area (Å²) < 4.78 is 16.2. The van der Waals surface area contributed by atoms with E-state index in [9.17, 15) is 0 Å². The Kier molecular flexibility index (Phi) is 4.10. The predicted octanol–water partition coefficient (Wildman–Crippen LogP) is 2.22. The van der Waals surface area contributed by atoms with Gasteiger partial charge in [0, 0.05) is 37.0 Å². The number of ether oxygens (including phenoxy) is 3. The monoisotopic (exact) mass is 292 g/mol. The number of benzene rings is 1. The van der Waals surface area contributed by atoms with Crippen LogP contribution in [0.15, 0.2) is 12.1 Å². The van der Waals surface area contributed by atoms with E-state index in [1.165, 1.54) is 32.5 Å². The highest BCUT2D eigenvalue weighted by atomic mass is 16.5. The molecule has 2 aliphatic heterocycles. The minimum absolute atomic E-state index is 0.534. The number of anilines is 1. The van der Waals surface area contributed by atoms with E-state index in [-0.39, 0.29) is 0 Å². The average molecular weight is 292 g/mol. The maximum Gasteiger partial charge on any atom is 0.203 e. The Balaban J connectivity index is 1.81. The quantitative estimate of drug-likeness (QED) is 0.901. The summed E-state index contributed by atoms with van der Waals surface area (Å²) in [7, 11) is 4.93. The molecule has 0 amide bonds. The topological polar surface area (TPSA) is 43.0 Å². The van der Waals surface area contributed by atoms with E-state index < -0.39 is 0 Å². The SMILES string of the molecule is COc1cc(NC2CCN3CCC2C3)cc(OC)c1OC. The average Bonchev–Trinajstić information content (AvgIpc) is 2.91. The van der Waals surface area contributed by atoms with Gasteiger partial charge >= 0.3 is 0 Å². The summed E-state index contributed by atoms with van der Waals surface area (Å²) in [5.41, 5.74) is 1.04. The van der Waals surface area contributed by atoms with Crippen molar-refractivity contribution in [2.75, 3.05) is 46.3 Å². The van der Waals surface area contributed by atoms with E-state index in [0.717, 1.165) is 11.6 Å². The number of hydrogen-bond acceptors (Lipinski definition) is 5. The molecule has 5 heteroatoms. The van der Waals surface area contributed by atoms with Gasteiger partial charge in [0.1, 0.15) is 0 Å². The molecule has 3 atom stereocenters. The van der Waals surface area contributed by atoms with Gasteiger partial charge in [-0.3, -0.25) is 0 Å². The second-order valence-electron chi connectivity index (χ2n) is 5.80. The van der Waals surface area contributed by atoms with Crippen molar-refractivity contribution in [2.24, 2.45) is 5.92 Å². The van der Waals surface area contributed by atoms with Crippen molar-refractivity contribution < 1.29 is 14.2 Å². The molecule has 2 fully saturated rings. The molecule has 1 aromatic carbocycles. The van der Waals surface area contributed by atoms with E-state index in [0.29, 0.717) is 23.3 Å². The zero-order valence-electron chi connectivity index (χ0n) is 13.0. The molecule has 0 saturated carbocycles. The molecule has 2 heterocycles. The van der Waals surface area contributed by atoms with Crippen LogP contribution in [0.25, 0.3) is 0 Å². The van der Waals surface area contributed by atoms with Gasteiger partial charge in [0.2, 0.25) is 5.75 Å². The second-order valence-corrected chi connectivity index (χ2v) is 5.80. The molecule has 21 heavy (non-hydrogen) atoms.